The Bertz CT molecular complexity index is 570. The molecule has 5 nitrogen and oxygen atoms in total. The zero-order valence-corrected chi connectivity index (χ0v) is 10.9. The van der Waals surface area contributed by atoms with Crippen LogP contribution in [-0.2, 0) is 9.53 Å². The molecule has 2 aliphatic rings. The van der Waals surface area contributed by atoms with Crippen molar-refractivity contribution >= 4 is 17.6 Å². The third kappa shape index (κ3) is 2.74. The number of nitrogens with zero attached hydrogens (tertiary/aromatic N) is 1. The van der Waals surface area contributed by atoms with E-state index in [1.165, 1.54) is 6.07 Å². The minimum Gasteiger partial charge on any atom is -0.465 e. The number of amidine groups is 1. The average molecular weight is 277 g/mol. The number of carbonyl (C=O) groups is 1. The Labute approximate surface area is 116 Å². The zero-order chi connectivity index (χ0) is 14.1. The Kier molecular flexibility index (Phi) is 3.30. The summed E-state index contributed by atoms with van der Waals surface area (Å²) in [6.45, 7) is 0.415. The van der Waals surface area contributed by atoms with Crippen LogP contribution in [0, 0.1) is 11.7 Å². The molecule has 3 N–H and O–H groups in total. The van der Waals surface area contributed by atoms with E-state index in [0.717, 1.165) is 12.8 Å². The van der Waals surface area contributed by atoms with Gasteiger partial charge in [-0.15, -0.1) is 0 Å². The van der Waals surface area contributed by atoms with Crippen molar-refractivity contribution in [3.05, 3.63) is 29.6 Å². The van der Waals surface area contributed by atoms with Crippen molar-refractivity contribution in [2.24, 2.45) is 16.6 Å². The van der Waals surface area contributed by atoms with Gasteiger partial charge in [0.1, 0.15) is 5.82 Å². The maximum absolute atomic E-state index is 13.9. The Morgan fingerprint density at radius 3 is 2.90 bits per heavy atom. The summed E-state index contributed by atoms with van der Waals surface area (Å²) in [5.74, 6) is -0.240. The van der Waals surface area contributed by atoms with E-state index in [4.69, 9.17) is 10.5 Å². The van der Waals surface area contributed by atoms with E-state index >= 15 is 0 Å². The molecule has 20 heavy (non-hydrogen) atoms. The van der Waals surface area contributed by atoms with E-state index in [9.17, 15) is 9.18 Å². The number of benzene rings is 1. The van der Waals surface area contributed by atoms with E-state index in [0.29, 0.717) is 24.3 Å². The molecule has 0 aromatic heterocycles. The van der Waals surface area contributed by atoms with Gasteiger partial charge in [0.2, 0.25) is 5.91 Å². The van der Waals surface area contributed by atoms with Gasteiger partial charge in [-0.1, -0.05) is 0 Å². The summed E-state index contributed by atoms with van der Waals surface area (Å²) in [6, 6.07) is 4.25. The van der Waals surface area contributed by atoms with Gasteiger partial charge in [0.05, 0.1) is 12.6 Å². The van der Waals surface area contributed by atoms with Gasteiger partial charge in [-0.3, -0.25) is 4.79 Å². The van der Waals surface area contributed by atoms with Crippen LogP contribution in [0.4, 0.5) is 10.1 Å². The van der Waals surface area contributed by atoms with Crippen molar-refractivity contribution in [3.8, 4) is 0 Å². The number of hydrogen-bond donors (Lipinski definition) is 2. The van der Waals surface area contributed by atoms with Crippen LogP contribution >= 0.6 is 0 Å². The molecule has 0 bridgehead atoms. The number of rotatable bonds is 3. The molecule has 1 aliphatic heterocycles. The molecule has 1 atom stereocenters. The second kappa shape index (κ2) is 5.11. The first-order chi connectivity index (χ1) is 9.63. The van der Waals surface area contributed by atoms with Gasteiger partial charge in [0.15, 0.2) is 0 Å². The highest BCUT2D eigenvalue weighted by Crippen LogP contribution is 2.32. The number of nitrogens with one attached hydrogen (secondary N) is 1. The minimum absolute atomic E-state index is 0.00227. The van der Waals surface area contributed by atoms with E-state index in [1.54, 1.807) is 12.1 Å². The second-order valence-electron chi connectivity index (χ2n) is 5.12. The standard InChI is InChI=1S/C14H16FN3O2/c15-11-4-3-9(17-13(19)8-1-2-8)7-10(11)12-5-6-20-14(16)18-12/h3-4,7-8,12H,1-2,5-6H2,(H2,16,18)(H,17,19). The molecule has 1 amide bonds. The Morgan fingerprint density at radius 2 is 2.20 bits per heavy atom. The van der Waals surface area contributed by atoms with Crippen molar-refractivity contribution in [2.75, 3.05) is 11.9 Å². The highest BCUT2D eigenvalue weighted by molar-refractivity contribution is 5.94. The van der Waals surface area contributed by atoms with Gasteiger partial charge in [-0.25, -0.2) is 9.38 Å². The quantitative estimate of drug-likeness (QED) is 0.886. The lowest BCUT2D eigenvalue weighted by Gasteiger charge is -2.20. The van der Waals surface area contributed by atoms with E-state index < -0.39 is 0 Å². The third-order valence-corrected chi connectivity index (χ3v) is 3.49. The highest BCUT2D eigenvalue weighted by Gasteiger charge is 2.30. The first-order valence-electron chi connectivity index (χ1n) is 6.70. The molecular weight excluding hydrogens is 261 g/mol. The average Bonchev–Trinajstić information content (AvgIpc) is 3.25. The Hall–Kier alpha value is -2.11. The van der Waals surface area contributed by atoms with Crippen LogP contribution in [0.2, 0.25) is 0 Å². The summed E-state index contributed by atoms with van der Waals surface area (Å²) in [5.41, 5.74) is 6.55. The topological polar surface area (TPSA) is 76.7 Å². The normalized spacial score (nSPS) is 21.9. The molecule has 6 heteroatoms. The second-order valence-corrected chi connectivity index (χ2v) is 5.12. The van der Waals surface area contributed by atoms with E-state index in [2.05, 4.69) is 10.3 Å². The number of ether oxygens (including phenoxy) is 1. The summed E-state index contributed by atoms with van der Waals surface area (Å²) in [6.07, 6.45) is 2.43. The molecule has 1 heterocycles. The molecule has 1 fully saturated rings. The number of anilines is 1. The summed E-state index contributed by atoms with van der Waals surface area (Å²) in [4.78, 5) is 15.8. The number of aliphatic imine (C=N–C) groups is 1. The van der Waals surface area contributed by atoms with Crippen molar-refractivity contribution in [1.29, 1.82) is 0 Å². The third-order valence-electron chi connectivity index (χ3n) is 3.49. The van der Waals surface area contributed by atoms with Crippen molar-refractivity contribution < 1.29 is 13.9 Å². The Balaban J connectivity index is 1.82. The SMILES string of the molecule is NC1=NC(c2cc(NC(=O)C3CC3)ccc2F)CCO1. The molecule has 106 valence electrons. The van der Waals surface area contributed by atoms with Gasteiger partial charge in [0, 0.05) is 23.6 Å². The van der Waals surface area contributed by atoms with Crippen LogP contribution in [0.3, 0.4) is 0 Å². The molecular formula is C14H16FN3O2. The molecule has 0 spiro atoms. The lowest BCUT2D eigenvalue weighted by molar-refractivity contribution is -0.117. The molecule has 1 aliphatic carbocycles. The number of halogens is 1. The number of hydrogen-bond acceptors (Lipinski definition) is 4. The fraction of sp³-hybridized carbons (Fsp3) is 0.429. The highest BCUT2D eigenvalue weighted by atomic mass is 19.1. The lowest BCUT2D eigenvalue weighted by atomic mass is 10.0. The van der Waals surface area contributed by atoms with Crippen LogP contribution in [0.25, 0.3) is 0 Å². The summed E-state index contributed by atoms with van der Waals surface area (Å²) in [5, 5.41) is 2.81. The summed E-state index contributed by atoms with van der Waals surface area (Å²) < 4.78 is 19.0. The van der Waals surface area contributed by atoms with Crippen molar-refractivity contribution in [2.45, 2.75) is 25.3 Å². The van der Waals surface area contributed by atoms with Crippen LogP contribution < -0.4 is 11.1 Å². The van der Waals surface area contributed by atoms with E-state index in [1.807, 2.05) is 0 Å². The fourth-order valence-electron chi connectivity index (χ4n) is 2.22. The maximum Gasteiger partial charge on any atom is 0.282 e. The molecule has 1 saturated carbocycles. The smallest absolute Gasteiger partial charge is 0.282 e. The first-order valence-corrected chi connectivity index (χ1v) is 6.70. The zero-order valence-electron chi connectivity index (χ0n) is 10.9. The number of carbonyl (C=O) groups excluding carboxylic acids is 1. The predicted octanol–water partition coefficient (Wildman–Crippen LogP) is 1.95. The minimum atomic E-state index is -0.360. The van der Waals surface area contributed by atoms with Crippen LogP contribution in [0.1, 0.15) is 30.9 Å². The van der Waals surface area contributed by atoms with Crippen LogP contribution in [0.5, 0.6) is 0 Å². The van der Waals surface area contributed by atoms with Crippen LogP contribution in [0.15, 0.2) is 23.2 Å². The Morgan fingerprint density at radius 1 is 1.40 bits per heavy atom. The van der Waals surface area contributed by atoms with Gasteiger partial charge in [-0.2, -0.15) is 0 Å². The first kappa shape index (κ1) is 12.9. The predicted molar refractivity (Wildman–Crippen MR) is 72.7 cm³/mol. The van der Waals surface area contributed by atoms with Crippen LogP contribution in [-0.4, -0.2) is 18.5 Å². The van der Waals surface area contributed by atoms with Crippen molar-refractivity contribution in [3.63, 3.8) is 0 Å². The fourth-order valence-corrected chi connectivity index (χ4v) is 2.22. The number of nitrogens with two attached hydrogens (primary N) is 1. The van der Waals surface area contributed by atoms with Gasteiger partial charge < -0.3 is 15.8 Å². The maximum atomic E-state index is 13.9. The molecule has 0 saturated heterocycles. The molecule has 0 radical (unpaired) electrons. The van der Waals surface area contributed by atoms with Gasteiger partial charge >= 0.3 is 0 Å². The number of amides is 1. The van der Waals surface area contributed by atoms with Gasteiger partial charge in [-0.05, 0) is 31.0 Å². The molecule has 1 unspecified atom stereocenters. The lowest BCUT2D eigenvalue weighted by Crippen LogP contribution is -2.24. The summed E-state index contributed by atoms with van der Waals surface area (Å²) >= 11 is 0. The monoisotopic (exact) mass is 277 g/mol. The molecule has 1 aromatic carbocycles. The van der Waals surface area contributed by atoms with Crippen molar-refractivity contribution in [1.82, 2.24) is 0 Å². The molecule has 1 aromatic rings. The van der Waals surface area contributed by atoms with Gasteiger partial charge in [0.25, 0.3) is 6.02 Å². The molecule has 3 rings (SSSR count). The van der Waals surface area contributed by atoms with E-state index in [-0.39, 0.29) is 29.7 Å². The summed E-state index contributed by atoms with van der Waals surface area (Å²) in [7, 11) is 0. The largest absolute Gasteiger partial charge is 0.465 e.